The van der Waals surface area contributed by atoms with Crippen LogP contribution in [0.1, 0.15) is 17.2 Å². The van der Waals surface area contributed by atoms with Gasteiger partial charge in [0.25, 0.3) is 0 Å². The minimum atomic E-state index is -4.00. The Morgan fingerprint density at radius 2 is 1.79 bits per heavy atom. The summed E-state index contributed by atoms with van der Waals surface area (Å²) in [6.45, 7) is -0.107. The fourth-order valence-corrected chi connectivity index (χ4v) is 7.26. The van der Waals surface area contributed by atoms with Gasteiger partial charge in [-0.2, -0.15) is 4.31 Å². The number of sulfone groups is 1. The molecule has 10 heteroatoms. The van der Waals surface area contributed by atoms with Gasteiger partial charge in [0.1, 0.15) is 16.4 Å². The average molecular weight is 460 g/mol. The normalized spacial score (nSPS) is 20.0. The molecule has 0 N–H and O–H groups in total. The summed E-state index contributed by atoms with van der Waals surface area (Å²) >= 11 is 6.21. The first-order valence-corrected chi connectivity index (χ1v) is 12.4. The Hall–Kier alpha value is -1.81. The molecule has 0 amide bonds. The highest BCUT2D eigenvalue weighted by Gasteiger charge is 2.37. The molecule has 0 aromatic heterocycles. The number of ether oxygens (including phenoxy) is 2. The summed E-state index contributed by atoms with van der Waals surface area (Å²) in [5.41, 5.74) is 0.493. The van der Waals surface area contributed by atoms with E-state index in [0.29, 0.717) is 16.3 Å². The van der Waals surface area contributed by atoms with Gasteiger partial charge in [0.2, 0.25) is 10.0 Å². The van der Waals surface area contributed by atoms with Crippen LogP contribution in [0, 0.1) is 0 Å². The second-order valence-corrected chi connectivity index (χ2v) is 11.2. The molecule has 2 aromatic rings. The van der Waals surface area contributed by atoms with Gasteiger partial charge < -0.3 is 9.47 Å². The van der Waals surface area contributed by atoms with Crippen LogP contribution in [-0.2, 0) is 19.9 Å². The topological polar surface area (TPSA) is 90.0 Å². The first-order valence-electron chi connectivity index (χ1n) is 8.89. The van der Waals surface area contributed by atoms with Gasteiger partial charge in [-0.05, 0) is 30.2 Å². The number of nitrogens with zero attached hydrogens (tertiary/aromatic N) is 1. The standard InChI is InChI=1S/C19H22ClNO6S2/c1-26-14-7-8-17(27-2)19(13-14)29(24,25)21-10-9-18(28(22,23)12-11-21)15-5-3-4-6-16(15)20/h3-8,13,18H,9-12H2,1-2H3. The number of rotatable bonds is 5. The number of benzene rings is 2. The Morgan fingerprint density at radius 3 is 2.45 bits per heavy atom. The summed E-state index contributed by atoms with van der Waals surface area (Å²) in [5, 5.41) is -0.504. The van der Waals surface area contributed by atoms with Crippen molar-refractivity contribution in [3.8, 4) is 11.5 Å². The van der Waals surface area contributed by atoms with E-state index in [9.17, 15) is 16.8 Å². The first kappa shape index (κ1) is 21.9. The van der Waals surface area contributed by atoms with Crippen molar-refractivity contribution in [3.05, 3.63) is 53.1 Å². The Morgan fingerprint density at radius 1 is 1.07 bits per heavy atom. The lowest BCUT2D eigenvalue weighted by Crippen LogP contribution is -2.33. The van der Waals surface area contributed by atoms with E-state index in [0.717, 1.165) is 0 Å². The molecule has 0 spiro atoms. The quantitative estimate of drug-likeness (QED) is 0.682. The highest BCUT2D eigenvalue weighted by atomic mass is 35.5. The van der Waals surface area contributed by atoms with E-state index in [4.69, 9.17) is 21.1 Å². The molecule has 158 valence electrons. The highest BCUT2D eigenvalue weighted by Crippen LogP contribution is 2.36. The van der Waals surface area contributed by atoms with E-state index in [1.807, 2.05) is 0 Å². The summed E-state index contributed by atoms with van der Waals surface area (Å²) in [4.78, 5) is -0.0621. The van der Waals surface area contributed by atoms with Gasteiger partial charge in [0, 0.05) is 24.2 Å². The minimum Gasteiger partial charge on any atom is -0.497 e. The summed E-state index contributed by atoms with van der Waals surface area (Å²) in [6, 6.07) is 11.2. The fourth-order valence-electron chi connectivity index (χ4n) is 3.37. The van der Waals surface area contributed by atoms with Gasteiger partial charge in [-0.15, -0.1) is 0 Å². The van der Waals surface area contributed by atoms with Crippen LogP contribution in [0.25, 0.3) is 0 Å². The van der Waals surface area contributed by atoms with Crippen molar-refractivity contribution in [2.45, 2.75) is 16.6 Å². The molecule has 1 aliphatic heterocycles. The summed E-state index contributed by atoms with van der Waals surface area (Å²) < 4.78 is 63.8. The second-order valence-electron chi connectivity index (χ2n) is 6.59. The number of methoxy groups -OCH3 is 2. The van der Waals surface area contributed by atoms with Crippen LogP contribution in [0.3, 0.4) is 0 Å². The lowest BCUT2D eigenvalue weighted by molar-refractivity contribution is 0.384. The maximum Gasteiger partial charge on any atom is 0.246 e. The molecule has 7 nitrogen and oxygen atoms in total. The molecule has 0 bridgehead atoms. The molecule has 2 aromatic carbocycles. The molecule has 0 saturated carbocycles. The maximum absolute atomic E-state index is 13.3. The predicted octanol–water partition coefficient (Wildman–Crippen LogP) is 2.91. The van der Waals surface area contributed by atoms with Crippen LogP contribution in [0.15, 0.2) is 47.4 Å². The molecule has 1 heterocycles. The Labute approximate surface area is 176 Å². The molecule has 1 unspecified atom stereocenters. The monoisotopic (exact) mass is 459 g/mol. The van der Waals surface area contributed by atoms with E-state index in [-0.39, 0.29) is 35.9 Å². The number of halogens is 1. The van der Waals surface area contributed by atoms with E-state index in [1.165, 1.54) is 30.7 Å². The van der Waals surface area contributed by atoms with Crippen LogP contribution in [0.4, 0.5) is 0 Å². The van der Waals surface area contributed by atoms with Gasteiger partial charge in [-0.1, -0.05) is 29.8 Å². The Kier molecular flexibility index (Phi) is 6.42. The minimum absolute atomic E-state index is 0.0395. The van der Waals surface area contributed by atoms with Crippen molar-refractivity contribution >= 4 is 31.5 Å². The van der Waals surface area contributed by atoms with Crippen molar-refractivity contribution in [1.82, 2.24) is 4.31 Å². The Balaban J connectivity index is 1.97. The third-order valence-electron chi connectivity index (χ3n) is 4.94. The smallest absolute Gasteiger partial charge is 0.246 e. The van der Waals surface area contributed by atoms with Crippen LogP contribution in [0.2, 0.25) is 5.02 Å². The molecule has 1 saturated heterocycles. The molecular weight excluding hydrogens is 438 g/mol. The third-order valence-corrected chi connectivity index (χ3v) is 9.31. The highest BCUT2D eigenvalue weighted by molar-refractivity contribution is 7.92. The number of hydrogen-bond acceptors (Lipinski definition) is 6. The molecule has 1 atom stereocenters. The molecule has 1 fully saturated rings. The Bertz CT molecular complexity index is 1100. The SMILES string of the molecule is COc1ccc(OC)c(S(=O)(=O)N2CCC(c3ccccc3Cl)S(=O)(=O)CC2)c1. The molecular formula is C19H22ClNO6S2. The fraction of sp³-hybridized carbons (Fsp3) is 0.368. The predicted molar refractivity (Wildman–Crippen MR) is 111 cm³/mol. The summed E-state index contributed by atoms with van der Waals surface area (Å²) in [7, 11) is -4.77. The zero-order chi connectivity index (χ0) is 21.2. The summed E-state index contributed by atoms with van der Waals surface area (Å²) in [6.07, 6.45) is 0.109. The van der Waals surface area contributed by atoms with Crippen molar-refractivity contribution in [3.63, 3.8) is 0 Å². The van der Waals surface area contributed by atoms with Gasteiger partial charge in [0.15, 0.2) is 9.84 Å². The summed E-state index contributed by atoms with van der Waals surface area (Å²) in [5.74, 6) is 0.232. The lowest BCUT2D eigenvalue weighted by atomic mass is 10.1. The molecule has 3 rings (SSSR count). The van der Waals surface area contributed by atoms with E-state index >= 15 is 0 Å². The van der Waals surface area contributed by atoms with Gasteiger partial charge in [0.05, 0.1) is 25.2 Å². The molecule has 29 heavy (non-hydrogen) atoms. The molecule has 1 aliphatic rings. The molecule has 0 radical (unpaired) electrons. The van der Waals surface area contributed by atoms with E-state index in [1.54, 1.807) is 30.3 Å². The third kappa shape index (κ3) is 4.37. The zero-order valence-corrected chi connectivity index (χ0v) is 18.4. The largest absolute Gasteiger partial charge is 0.497 e. The van der Waals surface area contributed by atoms with Crippen LogP contribution >= 0.6 is 11.6 Å². The van der Waals surface area contributed by atoms with Gasteiger partial charge in [-0.25, -0.2) is 16.8 Å². The van der Waals surface area contributed by atoms with Crippen LogP contribution < -0.4 is 9.47 Å². The van der Waals surface area contributed by atoms with E-state index < -0.39 is 25.1 Å². The first-order chi connectivity index (χ1) is 13.7. The van der Waals surface area contributed by atoms with Crippen molar-refractivity contribution in [2.75, 3.05) is 33.1 Å². The zero-order valence-electron chi connectivity index (χ0n) is 16.0. The van der Waals surface area contributed by atoms with Crippen molar-refractivity contribution in [1.29, 1.82) is 0 Å². The number of hydrogen-bond donors (Lipinski definition) is 0. The maximum atomic E-state index is 13.3. The van der Waals surface area contributed by atoms with Gasteiger partial charge in [-0.3, -0.25) is 0 Å². The lowest BCUT2D eigenvalue weighted by Gasteiger charge is -2.21. The van der Waals surface area contributed by atoms with Gasteiger partial charge >= 0.3 is 0 Å². The van der Waals surface area contributed by atoms with E-state index in [2.05, 4.69) is 0 Å². The van der Waals surface area contributed by atoms with Crippen molar-refractivity contribution < 1.29 is 26.3 Å². The second kappa shape index (κ2) is 8.51. The van der Waals surface area contributed by atoms with Crippen molar-refractivity contribution in [2.24, 2.45) is 0 Å². The molecule has 0 aliphatic carbocycles. The van der Waals surface area contributed by atoms with Crippen LogP contribution in [-0.4, -0.2) is 54.2 Å². The number of sulfonamides is 1. The van der Waals surface area contributed by atoms with Crippen LogP contribution in [0.5, 0.6) is 11.5 Å². The average Bonchev–Trinajstić information content (AvgIpc) is 2.86.